The summed E-state index contributed by atoms with van der Waals surface area (Å²) in [6, 6.07) is 0.109. The minimum atomic E-state index is -0.330. The van der Waals surface area contributed by atoms with E-state index in [1.165, 1.54) is 32.1 Å². The van der Waals surface area contributed by atoms with Gasteiger partial charge in [0.15, 0.2) is 5.96 Å². The van der Waals surface area contributed by atoms with E-state index in [0.717, 1.165) is 18.9 Å². The lowest BCUT2D eigenvalue weighted by atomic mass is 10.2. The minimum Gasteiger partial charge on any atom is -0.450 e. The van der Waals surface area contributed by atoms with Crippen molar-refractivity contribution in [3.8, 4) is 0 Å². The molecule has 0 bridgehead atoms. The van der Waals surface area contributed by atoms with Gasteiger partial charge in [0.25, 0.3) is 0 Å². The Hall–Kier alpha value is -1.46. The van der Waals surface area contributed by atoms with Crippen LogP contribution in [0.5, 0.6) is 0 Å². The summed E-state index contributed by atoms with van der Waals surface area (Å²) in [6.07, 6.45) is 6.93. The lowest BCUT2D eigenvalue weighted by Crippen LogP contribution is -2.48. The minimum absolute atomic E-state index is 0.109. The summed E-state index contributed by atoms with van der Waals surface area (Å²) in [5, 5.41) is 9.55. The average molecular weight is 312 g/mol. The Morgan fingerprint density at radius 2 is 2.00 bits per heavy atom. The topological polar surface area (TPSA) is 74.8 Å². The van der Waals surface area contributed by atoms with Crippen LogP contribution in [0.3, 0.4) is 0 Å². The fraction of sp³-hybridized carbons (Fsp3) is 0.875. The highest BCUT2D eigenvalue weighted by atomic mass is 16.5. The molecular formula is C16H32N4O2. The van der Waals surface area contributed by atoms with Crippen LogP contribution < -0.4 is 16.0 Å². The van der Waals surface area contributed by atoms with E-state index in [0.29, 0.717) is 19.1 Å². The Balaban J connectivity index is 2.25. The number of alkyl carbamates (subject to hydrolysis) is 1. The summed E-state index contributed by atoms with van der Waals surface area (Å²) in [5.41, 5.74) is 0. The van der Waals surface area contributed by atoms with Crippen LogP contribution in [-0.2, 0) is 4.74 Å². The molecule has 22 heavy (non-hydrogen) atoms. The molecule has 6 heteroatoms. The highest BCUT2D eigenvalue weighted by molar-refractivity contribution is 5.79. The molecule has 1 rings (SSSR count). The highest BCUT2D eigenvalue weighted by Crippen LogP contribution is 2.32. The molecular weight excluding hydrogens is 280 g/mol. The first kappa shape index (κ1) is 18.6. The number of hydrogen-bond donors (Lipinski definition) is 3. The second-order valence-corrected chi connectivity index (χ2v) is 5.75. The first-order valence-corrected chi connectivity index (χ1v) is 8.59. The van der Waals surface area contributed by atoms with Gasteiger partial charge in [0.05, 0.1) is 12.6 Å². The summed E-state index contributed by atoms with van der Waals surface area (Å²) in [4.78, 5) is 15.8. The van der Waals surface area contributed by atoms with Crippen molar-refractivity contribution in [2.45, 2.75) is 58.4 Å². The summed E-state index contributed by atoms with van der Waals surface area (Å²) < 4.78 is 4.96. The molecule has 0 aromatic heterocycles. The van der Waals surface area contributed by atoms with Gasteiger partial charge >= 0.3 is 6.09 Å². The number of nitrogens with one attached hydrogen (secondary N) is 3. The van der Waals surface area contributed by atoms with Crippen LogP contribution in [-0.4, -0.2) is 44.8 Å². The zero-order chi connectivity index (χ0) is 16.2. The normalized spacial score (nSPS) is 16.0. The van der Waals surface area contributed by atoms with Gasteiger partial charge in [0.2, 0.25) is 0 Å². The molecule has 0 spiro atoms. The summed E-state index contributed by atoms with van der Waals surface area (Å²) in [7, 11) is 1.77. The van der Waals surface area contributed by atoms with E-state index < -0.39 is 0 Å². The zero-order valence-corrected chi connectivity index (χ0v) is 14.3. The Labute approximate surface area is 134 Å². The zero-order valence-electron chi connectivity index (χ0n) is 14.3. The first-order chi connectivity index (χ1) is 10.7. The lowest BCUT2D eigenvalue weighted by Gasteiger charge is -2.20. The molecule has 128 valence electrons. The molecule has 0 aliphatic heterocycles. The number of carbonyl (C=O) groups is 1. The number of amides is 1. The molecule has 3 N–H and O–H groups in total. The predicted octanol–water partition coefficient (Wildman–Crippen LogP) is 2.26. The Morgan fingerprint density at radius 3 is 2.59 bits per heavy atom. The van der Waals surface area contributed by atoms with Gasteiger partial charge in [-0.3, -0.25) is 4.99 Å². The van der Waals surface area contributed by atoms with Crippen molar-refractivity contribution in [3.05, 3.63) is 0 Å². The molecule has 1 amide bonds. The molecule has 1 atom stereocenters. The van der Waals surface area contributed by atoms with Crippen LogP contribution >= 0.6 is 0 Å². The van der Waals surface area contributed by atoms with Crippen molar-refractivity contribution in [1.29, 1.82) is 0 Å². The van der Waals surface area contributed by atoms with Gasteiger partial charge in [-0.25, -0.2) is 4.79 Å². The SMILES string of the molecule is CCCCCCNC(=NC)NCC(NC(=O)OCC)C1CC1. The number of nitrogens with zero attached hydrogens (tertiary/aromatic N) is 1. The van der Waals surface area contributed by atoms with Crippen LogP contribution in [0.4, 0.5) is 4.79 Å². The van der Waals surface area contributed by atoms with Gasteiger partial charge in [-0.2, -0.15) is 0 Å². The van der Waals surface area contributed by atoms with E-state index in [1.54, 1.807) is 7.05 Å². The van der Waals surface area contributed by atoms with Crippen LogP contribution in [0.1, 0.15) is 52.4 Å². The molecule has 0 aromatic rings. The molecule has 6 nitrogen and oxygen atoms in total. The maximum atomic E-state index is 11.6. The van der Waals surface area contributed by atoms with E-state index in [9.17, 15) is 4.79 Å². The number of rotatable bonds is 10. The molecule has 1 fully saturated rings. The quantitative estimate of drug-likeness (QED) is 0.329. The predicted molar refractivity (Wildman–Crippen MR) is 90.2 cm³/mol. The molecule has 0 saturated heterocycles. The molecule has 0 radical (unpaired) electrons. The number of guanidine groups is 1. The van der Waals surface area contributed by atoms with Gasteiger partial charge in [0.1, 0.15) is 0 Å². The Bertz CT molecular complexity index is 343. The van der Waals surface area contributed by atoms with Gasteiger partial charge in [-0.05, 0) is 32.1 Å². The first-order valence-electron chi connectivity index (χ1n) is 8.59. The van der Waals surface area contributed by atoms with Crippen molar-refractivity contribution >= 4 is 12.1 Å². The number of ether oxygens (including phenoxy) is 1. The summed E-state index contributed by atoms with van der Waals surface area (Å²) in [5.74, 6) is 1.35. The number of unbranched alkanes of at least 4 members (excludes halogenated alkanes) is 3. The van der Waals surface area contributed by atoms with Gasteiger partial charge in [-0.15, -0.1) is 0 Å². The van der Waals surface area contributed by atoms with Crippen molar-refractivity contribution in [2.24, 2.45) is 10.9 Å². The van der Waals surface area contributed by atoms with Crippen LogP contribution in [0, 0.1) is 5.92 Å². The molecule has 1 unspecified atom stereocenters. The third-order valence-corrected chi connectivity index (χ3v) is 3.81. The Morgan fingerprint density at radius 1 is 1.23 bits per heavy atom. The summed E-state index contributed by atoms with van der Waals surface area (Å²) in [6.45, 7) is 6.03. The van der Waals surface area contributed by atoms with Gasteiger partial charge in [0, 0.05) is 20.1 Å². The average Bonchev–Trinajstić information content (AvgIpc) is 3.33. The fourth-order valence-corrected chi connectivity index (χ4v) is 2.34. The van der Waals surface area contributed by atoms with E-state index >= 15 is 0 Å². The van der Waals surface area contributed by atoms with Crippen molar-refractivity contribution in [3.63, 3.8) is 0 Å². The fourth-order valence-electron chi connectivity index (χ4n) is 2.34. The molecule has 1 saturated carbocycles. The standard InChI is InChI=1S/C16H32N4O2/c1-4-6-7-8-11-18-15(17-3)19-12-14(13-9-10-13)20-16(21)22-5-2/h13-14H,4-12H2,1-3H3,(H,20,21)(H2,17,18,19). The van der Waals surface area contributed by atoms with E-state index in [1.807, 2.05) is 6.92 Å². The number of aliphatic imine (C=N–C) groups is 1. The number of hydrogen-bond acceptors (Lipinski definition) is 3. The summed E-state index contributed by atoms with van der Waals surface area (Å²) >= 11 is 0. The van der Waals surface area contributed by atoms with Crippen LogP contribution in [0.25, 0.3) is 0 Å². The molecule has 0 aromatic carbocycles. The smallest absolute Gasteiger partial charge is 0.407 e. The largest absolute Gasteiger partial charge is 0.450 e. The third kappa shape index (κ3) is 8.10. The second kappa shape index (κ2) is 11.2. The van der Waals surface area contributed by atoms with Crippen molar-refractivity contribution in [2.75, 3.05) is 26.7 Å². The number of carbonyl (C=O) groups excluding carboxylic acids is 1. The maximum absolute atomic E-state index is 11.6. The second-order valence-electron chi connectivity index (χ2n) is 5.75. The van der Waals surface area contributed by atoms with E-state index in [4.69, 9.17) is 4.74 Å². The van der Waals surface area contributed by atoms with Crippen LogP contribution in [0.2, 0.25) is 0 Å². The maximum Gasteiger partial charge on any atom is 0.407 e. The monoisotopic (exact) mass is 312 g/mol. The van der Waals surface area contributed by atoms with E-state index in [2.05, 4.69) is 27.9 Å². The van der Waals surface area contributed by atoms with E-state index in [-0.39, 0.29) is 12.1 Å². The van der Waals surface area contributed by atoms with Crippen molar-refractivity contribution in [1.82, 2.24) is 16.0 Å². The van der Waals surface area contributed by atoms with Crippen LogP contribution in [0.15, 0.2) is 4.99 Å². The molecule has 1 aliphatic rings. The Kier molecular flexibility index (Phi) is 9.42. The molecule has 1 aliphatic carbocycles. The highest BCUT2D eigenvalue weighted by Gasteiger charge is 2.32. The van der Waals surface area contributed by atoms with Gasteiger partial charge in [-0.1, -0.05) is 26.2 Å². The lowest BCUT2D eigenvalue weighted by molar-refractivity contribution is 0.146. The third-order valence-electron chi connectivity index (χ3n) is 3.81. The van der Waals surface area contributed by atoms with Gasteiger partial charge < -0.3 is 20.7 Å². The molecule has 0 heterocycles. The van der Waals surface area contributed by atoms with Crippen molar-refractivity contribution < 1.29 is 9.53 Å².